The Kier molecular flexibility index (Phi) is 4.42. The predicted octanol–water partition coefficient (Wildman–Crippen LogP) is 4.38. The first-order chi connectivity index (χ1) is 11.6. The molecule has 0 spiro atoms. The molecular formula is C19H22N2O3. The van der Waals surface area contributed by atoms with Gasteiger partial charge in [-0.05, 0) is 44.9 Å². The van der Waals surface area contributed by atoms with Crippen LogP contribution in [-0.2, 0) is 4.74 Å². The Morgan fingerprint density at radius 2 is 2.04 bits per heavy atom. The molecule has 0 fully saturated rings. The van der Waals surface area contributed by atoms with Crippen LogP contribution in [0.15, 0.2) is 24.4 Å². The molecule has 1 aromatic carbocycles. The van der Waals surface area contributed by atoms with Gasteiger partial charge in [0.25, 0.3) is 0 Å². The normalized spacial score (nSPS) is 12.5. The number of carbonyl (C=O) groups excluding carboxylic acids is 1. The maximum Gasteiger partial charge on any atom is 0.357 e. The monoisotopic (exact) mass is 326 g/mol. The van der Waals surface area contributed by atoms with Gasteiger partial charge < -0.3 is 14.5 Å². The number of aromatic nitrogens is 2. The molecule has 126 valence electrons. The van der Waals surface area contributed by atoms with Gasteiger partial charge in [-0.2, -0.15) is 0 Å². The fourth-order valence-corrected chi connectivity index (χ4v) is 2.87. The minimum Gasteiger partial charge on any atom is -0.490 e. The number of ether oxygens (including phenoxy) is 2. The maximum atomic E-state index is 12.1. The molecule has 5 heteroatoms. The summed E-state index contributed by atoms with van der Waals surface area (Å²) >= 11 is 0. The number of nitrogens with one attached hydrogen (secondary N) is 1. The van der Waals surface area contributed by atoms with E-state index in [1.165, 1.54) is 0 Å². The van der Waals surface area contributed by atoms with Crippen LogP contribution in [0.5, 0.6) is 5.75 Å². The molecule has 0 aliphatic carbocycles. The Hall–Kier alpha value is -2.56. The van der Waals surface area contributed by atoms with E-state index < -0.39 is 5.97 Å². The van der Waals surface area contributed by atoms with E-state index in [0.717, 1.165) is 39.5 Å². The Morgan fingerprint density at radius 3 is 2.75 bits per heavy atom. The molecule has 0 saturated carbocycles. The average Bonchev–Trinajstić information content (AvgIpc) is 2.95. The number of esters is 1. The highest BCUT2D eigenvalue weighted by Crippen LogP contribution is 2.36. The average molecular weight is 326 g/mol. The molecule has 0 aliphatic heterocycles. The molecule has 2 heterocycles. The molecule has 0 amide bonds. The van der Waals surface area contributed by atoms with Crippen molar-refractivity contribution in [3.05, 3.63) is 35.7 Å². The van der Waals surface area contributed by atoms with Crippen LogP contribution < -0.4 is 4.74 Å². The van der Waals surface area contributed by atoms with E-state index in [-0.39, 0.29) is 6.10 Å². The molecule has 5 nitrogen and oxygen atoms in total. The maximum absolute atomic E-state index is 12.1. The highest BCUT2D eigenvalue weighted by Gasteiger charge is 2.19. The third-order valence-electron chi connectivity index (χ3n) is 4.24. The summed E-state index contributed by atoms with van der Waals surface area (Å²) in [6, 6.07) is 5.93. The van der Waals surface area contributed by atoms with E-state index >= 15 is 0 Å². The molecule has 0 bridgehead atoms. The Labute approximate surface area is 141 Å². The SMILES string of the molecule is CCOC(=O)c1ncc2[nH]c3cccc(OC(C)CC)c3c2c1C. The van der Waals surface area contributed by atoms with Gasteiger partial charge in [-0.25, -0.2) is 9.78 Å². The fourth-order valence-electron chi connectivity index (χ4n) is 2.87. The van der Waals surface area contributed by atoms with E-state index in [0.29, 0.717) is 12.3 Å². The zero-order chi connectivity index (χ0) is 17.3. The van der Waals surface area contributed by atoms with Crippen LogP contribution in [0.1, 0.15) is 43.2 Å². The second-order valence-corrected chi connectivity index (χ2v) is 5.88. The summed E-state index contributed by atoms with van der Waals surface area (Å²) in [7, 11) is 0. The zero-order valence-corrected chi connectivity index (χ0v) is 14.5. The number of nitrogens with zero attached hydrogens (tertiary/aromatic N) is 1. The van der Waals surface area contributed by atoms with Crippen molar-refractivity contribution in [3.8, 4) is 5.75 Å². The highest BCUT2D eigenvalue weighted by atomic mass is 16.5. The molecule has 0 aliphatic rings. The van der Waals surface area contributed by atoms with E-state index in [1.54, 1.807) is 13.1 Å². The van der Waals surface area contributed by atoms with E-state index in [1.807, 2.05) is 32.0 Å². The summed E-state index contributed by atoms with van der Waals surface area (Å²) in [4.78, 5) is 19.8. The number of H-pyrrole nitrogens is 1. The number of pyridine rings is 1. The van der Waals surface area contributed by atoms with Crippen molar-refractivity contribution in [2.24, 2.45) is 0 Å². The molecule has 3 aromatic rings. The molecular weight excluding hydrogens is 304 g/mol. The first-order valence-electron chi connectivity index (χ1n) is 8.30. The van der Waals surface area contributed by atoms with Gasteiger partial charge in [0.1, 0.15) is 5.75 Å². The van der Waals surface area contributed by atoms with Crippen molar-refractivity contribution in [1.82, 2.24) is 9.97 Å². The lowest BCUT2D eigenvalue weighted by molar-refractivity contribution is 0.0519. The van der Waals surface area contributed by atoms with Crippen LogP contribution in [0.4, 0.5) is 0 Å². The predicted molar refractivity (Wildman–Crippen MR) is 94.7 cm³/mol. The van der Waals surface area contributed by atoms with Crippen molar-refractivity contribution in [3.63, 3.8) is 0 Å². The van der Waals surface area contributed by atoms with Crippen molar-refractivity contribution in [2.75, 3.05) is 6.61 Å². The second-order valence-electron chi connectivity index (χ2n) is 5.88. The summed E-state index contributed by atoms with van der Waals surface area (Å²) in [5.74, 6) is 0.420. The first kappa shape index (κ1) is 16.3. The largest absolute Gasteiger partial charge is 0.490 e. The molecule has 24 heavy (non-hydrogen) atoms. The Balaban J connectivity index is 2.25. The second kappa shape index (κ2) is 6.51. The van der Waals surface area contributed by atoms with Crippen LogP contribution in [0, 0.1) is 6.92 Å². The smallest absolute Gasteiger partial charge is 0.357 e. The number of carbonyl (C=O) groups is 1. The van der Waals surface area contributed by atoms with Crippen LogP contribution in [-0.4, -0.2) is 28.6 Å². The standard InChI is InChI=1S/C19H22N2O3/c1-5-11(3)24-15-9-7-8-13-17(15)16-12(4)18(19(22)23-6-2)20-10-14(16)21-13/h7-11,21H,5-6H2,1-4H3. The van der Waals surface area contributed by atoms with Gasteiger partial charge in [0.2, 0.25) is 0 Å². The molecule has 2 aromatic heterocycles. The first-order valence-corrected chi connectivity index (χ1v) is 8.30. The van der Waals surface area contributed by atoms with E-state index in [9.17, 15) is 4.79 Å². The van der Waals surface area contributed by atoms with Gasteiger partial charge in [0.05, 0.1) is 29.9 Å². The summed E-state index contributed by atoms with van der Waals surface area (Å²) in [5, 5.41) is 1.94. The van der Waals surface area contributed by atoms with Gasteiger partial charge in [-0.15, -0.1) is 0 Å². The summed E-state index contributed by atoms with van der Waals surface area (Å²) in [5.41, 5.74) is 3.01. The number of fused-ring (bicyclic) bond motifs is 3. The number of benzene rings is 1. The number of aromatic amines is 1. The lowest BCUT2D eigenvalue weighted by Crippen LogP contribution is -2.10. The fraction of sp³-hybridized carbons (Fsp3) is 0.368. The lowest BCUT2D eigenvalue weighted by atomic mass is 10.1. The molecule has 1 unspecified atom stereocenters. The van der Waals surface area contributed by atoms with E-state index in [2.05, 4.69) is 16.9 Å². The molecule has 1 N–H and O–H groups in total. The van der Waals surface area contributed by atoms with Crippen molar-refractivity contribution in [1.29, 1.82) is 0 Å². The lowest BCUT2D eigenvalue weighted by Gasteiger charge is -2.14. The number of hydrogen-bond acceptors (Lipinski definition) is 4. The van der Waals surface area contributed by atoms with Gasteiger partial charge in [-0.1, -0.05) is 13.0 Å². The summed E-state index contributed by atoms with van der Waals surface area (Å²) in [6.45, 7) is 8.15. The quantitative estimate of drug-likeness (QED) is 0.707. The van der Waals surface area contributed by atoms with Crippen LogP contribution in [0.2, 0.25) is 0 Å². The Morgan fingerprint density at radius 1 is 1.25 bits per heavy atom. The van der Waals surface area contributed by atoms with Crippen LogP contribution in [0.3, 0.4) is 0 Å². The third kappa shape index (κ3) is 2.70. The van der Waals surface area contributed by atoms with Gasteiger partial charge in [0.15, 0.2) is 5.69 Å². The Bertz CT molecular complexity index is 898. The summed E-state index contributed by atoms with van der Waals surface area (Å²) < 4.78 is 11.2. The van der Waals surface area contributed by atoms with Crippen LogP contribution in [0.25, 0.3) is 21.8 Å². The number of aryl methyl sites for hydroxylation is 1. The minimum absolute atomic E-state index is 0.118. The molecule has 1 atom stereocenters. The number of rotatable bonds is 5. The third-order valence-corrected chi connectivity index (χ3v) is 4.24. The van der Waals surface area contributed by atoms with Crippen molar-refractivity contribution < 1.29 is 14.3 Å². The van der Waals surface area contributed by atoms with Crippen molar-refractivity contribution >= 4 is 27.8 Å². The molecule has 3 rings (SSSR count). The van der Waals surface area contributed by atoms with Crippen molar-refractivity contribution in [2.45, 2.75) is 40.2 Å². The molecule has 0 radical (unpaired) electrons. The van der Waals surface area contributed by atoms with Crippen LogP contribution >= 0.6 is 0 Å². The van der Waals surface area contributed by atoms with Gasteiger partial charge in [-0.3, -0.25) is 0 Å². The van der Waals surface area contributed by atoms with E-state index in [4.69, 9.17) is 9.47 Å². The summed E-state index contributed by atoms with van der Waals surface area (Å²) in [6.07, 6.45) is 2.72. The minimum atomic E-state index is -0.397. The zero-order valence-electron chi connectivity index (χ0n) is 14.5. The topological polar surface area (TPSA) is 64.2 Å². The van der Waals surface area contributed by atoms with Gasteiger partial charge >= 0.3 is 5.97 Å². The highest BCUT2D eigenvalue weighted by molar-refractivity contribution is 6.13. The molecule has 0 saturated heterocycles. The van der Waals surface area contributed by atoms with Gasteiger partial charge in [0, 0.05) is 10.8 Å². The number of hydrogen-bond donors (Lipinski definition) is 1.